The smallest absolute Gasteiger partial charge is 0.275 e. The molecule has 3 rings (SSSR count). The van der Waals surface area contributed by atoms with Crippen LogP contribution in [0.15, 0.2) is 53.9 Å². The number of carbonyl (C=O) groups excluding carboxylic acids is 2. The van der Waals surface area contributed by atoms with Crippen LogP contribution in [0.4, 0.5) is 11.4 Å². The summed E-state index contributed by atoms with van der Waals surface area (Å²) in [5.41, 5.74) is 2.46. The van der Waals surface area contributed by atoms with E-state index in [1.165, 1.54) is 18.3 Å². The van der Waals surface area contributed by atoms with Gasteiger partial charge in [0, 0.05) is 29.2 Å². The van der Waals surface area contributed by atoms with E-state index in [1.807, 2.05) is 24.3 Å². The number of ether oxygens (including phenoxy) is 1. The topological polar surface area (TPSA) is 80.3 Å². The third kappa shape index (κ3) is 4.25. The van der Waals surface area contributed by atoms with E-state index in [1.54, 1.807) is 36.8 Å². The molecule has 0 aliphatic carbocycles. The maximum Gasteiger partial charge on any atom is 0.275 e. The Bertz CT molecular complexity index is 935. The summed E-state index contributed by atoms with van der Waals surface area (Å²) in [5, 5.41) is 7.94. The lowest BCUT2D eigenvalue weighted by atomic mass is 10.2. The Kier molecular flexibility index (Phi) is 5.28. The van der Waals surface area contributed by atoms with Crippen LogP contribution in [-0.4, -0.2) is 23.9 Å². The lowest BCUT2D eigenvalue weighted by Crippen LogP contribution is -2.13. The normalized spacial score (nSPS) is 10.2. The third-order valence-corrected chi connectivity index (χ3v) is 4.41. The number of nitrogens with zero attached hydrogens (tertiary/aromatic N) is 1. The maximum absolute atomic E-state index is 12.4. The van der Waals surface area contributed by atoms with E-state index in [0.717, 1.165) is 16.3 Å². The van der Waals surface area contributed by atoms with Crippen LogP contribution in [0.25, 0.3) is 10.6 Å². The maximum atomic E-state index is 12.4. The van der Waals surface area contributed by atoms with Crippen LogP contribution < -0.4 is 15.4 Å². The van der Waals surface area contributed by atoms with Crippen molar-refractivity contribution in [2.75, 3.05) is 17.7 Å². The van der Waals surface area contributed by atoms with Gasteiger partial charge in [-0.1, -0.05) is 6.07 Å². The minimum absolute atomic E-state index is 0.169. The van der Waals surface area contributed by atoms with Crippen LogP contribution in [0.1, 0.15) is 17.4 Å². The molecule has 2 N–H and O–H groups in total. The summed E-state index contributed by atoms with van der Waals surface area (Å²) in [7, 11) is 1.61. The Balaban J connectivity index is 1.72. The zero-order valence-corrected chi connectivity index (χ0v) is 15.1. The SMILES string of the molecule is COc1ccc(-c2nc(C(=O)Nc3cccc(NC(C)=O)c3)cs2)cc1. The molecule has 6 nitrogen and oxygen atoms in total. The summed E-state index contributed by atoms with van der Waals surface area (Å²) in [5.74, 6) is 0.292. The molecule has 0 unspecified atom stereocenters. The zero-order valence-electron chi connectivity index (χ0n) is 14.3. The summed E-state index contributed by atoms with van der Waals surface area (Å²) in [6, 6.07) is 14.4. The van der Waals surface area contributed by atoms with Gasteiger partial charge >= 0.3 is 0 Å². The van der Waals surface area contributed by atoms with E-state index in [9.17, 15) is 9.59 Å². The van der Waals surface area contributed by atoms with Crippen molar-refractivity contribution < 1.29 is 14.3 Å². The van der Waals surface area contributed by atoms with E-state index in [4.69, 9.17) is 4.74 Å². The fourth-order valence-corrected chi connectivity index (χ4v) is 3.12. The Morgan fingerprint density at radius 1 is 1.04 bits per heavy atom. The highest BCUT2D eigenvalue weighted by Gasteiger charge is 2.12. The Morgan fingerprint density at radius 2 is 1.73 bits per heavy atom. The number of rotatable bonds is 5. The van der Waals surface area contributed by atoms with E-state index >= 15 is 0 Å². The quantitative estimate of drug-likeness (QED) is 0.713. The molecule has 26 heavy (non-hydrogen) atoms. The van der Waals surface area contributed by atoms with Crippen LogP contribution >= 0.6 is 11.3 Å². The number of amides is 2. The van der Waals surface area contributed by atoms with Crippen LogP contribution in [0.3, 0.4) is 0 Å². The van der Waals surface area contributed by atoms with Crippen molar-refractivity contribution in [3.63, 3.8) is 0 Å². The average Bonchev–Trinajstić information content (AvgIpc) is 3.12. The molecule has 1 aromatic heterocycles. The lowest BCUT2D eigenvalue weighted by Gasteiger charge is -2.06. The van der Waals surface area contributed by atoms with Gasteiger partial charge < -0.3 is 15.4 Å². The molecule has 0 fully saturated rings. The first-order valence-corrected chi connectivity index (χ1v) is 8.72. The highest BCUT2D eigenvalue weighted by molar-refractivity contribution is 7.13. The standard InChI is InChI=1S/C19H17N3O3S/c1-12(23)20-14-4-3-5-15(10-14)21-18(24)17-11-26-19(22-17)13-6-8-16(25-2)9-7-13/h3-11H,1-2H3,(H,20,23)(H,21,24). The van der Waals surface area contributed by atoms with Gasteiger partial charge in [0.1, 0.15) is 16.5 Å². The van der Waals surface area contributed by atoms with Crippen LogP contribution in [0, 0.1) is 0 Å². The first-order chi connectivity index (χ1) is 12.5. The second kappa shape index (κ2) is 7.79. The molecule has 3 aromatic rings. The molecule has 1 heterocycles. The number of anilines is 2. The minimum Gasteiger partial charge on any atom is -0.497 e. The van der Waals surface area contributed by atoms with Gasteiger partial charge in [-0.05, 0) is 42.5 Å². The van der Waals surface area contributed by atoms with Crippen molar-refractivity contribution in [2.45, 2.75) is 6.92 Å². The molecule has 7 heteroatoms. The molecule has 0 radical (unpaired) electrons. The van der Waals surface area contributed by atoms with Gasteiger partial charge in [0.05, 0.1) is 7.11 Å². The van der Waals surface area contributed by atoms with Gasteiger partial charge in [0.2, 0.25) is 5.91 Å². The average molecular weight is 367 g/mol. The molecule has 0 saturated carbocycles. The predicted molar refractivity (Wildman–Crippen MR) is 103 cm³/mol. The fourth-order valence-electron chi connectivity index (χ4n) is 2.32. The molecule has 2 aromatic carbocycles. The van der Waals surface area contributed by atoms with Crippen molar-refractivity contribution in [3.8, 4) is 16.3 Å². The summed E-state index contributed by atoms with van der Waals surface area (Å²) in [6.45, 7) is 1.43. The number of methoxy groups -OCH3 is 1. The molecular formula is C19H17N3O3S. The summed E-state index contributed by atoms with van der Waals surface area (Å²) in [6.07, 6.45) is 0. The summed E-state index contributed by atoms with van der Waals surface area (Å²) < 4.78 is 5.14. The molecule has 132 valence electrons. The molecule has 0 spiro atoms. The molecule has 2 amide bonds. The number of benzene rings is 2. The Morgan fingerprint density at radius 3 is 2.38 bits per heavy atom. The van der Waals surface area contributed by atoms with Crippen molar-refractivity contribution in [3.05, 3.63) is 59.6 Å². The monoisotopic (exact) mass is 367 g/mol. The summed E-state index contributed by atoms with van der Waals surface area (Å²) in [4.78, 5) is 27.9. The molecular weight excluding hydrogens is 350 g/mol. The molecule has 0 bridgehead atoms. The number of carbonyl (C=O) groups is 2. The van der Waals surface area contributed by atoms with Crippen molar-refractivity contribution in [2.24, 2.45) is 0 Å². The fraction of sp³-hybridized carbons (Fsp3) is 0.105. The second-order valence-electron chi connectivity index (χ2n) is 5.48. The van der Waals surface area contributed by atoms with Gasteiger partial charge in [-0.2, -0.15) is 0 Å². The molecule has 0 atom stereocenters. The number of hydrogen-bond donors (Lipinski definition) is 2. The van der Waals surface area contributed by atoms with Gasteiger partial charge in [-0.3, -0.25) is 9.59 Å². The minimum atomic E-state index is -0.305. The van der Waals surface area contributed by atoms with Crippen molar-refractivity contribution in [1.82, 2.24) is 4.98 Å². The highest BCUT2D eigenvalue weighted by Crippen LogP contribution is 2.26. The first-order valence-electron chi connectivity index (χ1n) is 7.84. The van der Waals surface area contributed by atoms with Crippen LogP contribution in [-0.2, 0) is 4.79 Å². The van der Waals surface area contributed by atoms with Crippen LogP contribution in [0.2, 0.25) is 0 Å². The number of aromatic nitrogens is 1. The number of hydrogen-bond acceptors (Lipinski definition) is 5. The van der Waals surface area contributed by atoms with Gasteiger partial charge in [-0.15, -0.1) is 11.3 Å². The Labute approximate surface area is 154 Å². The predicted octanol–water partition coefficient (Wildman–Crippen LogP) is 4.03. The highest BCUT2D eigenvalue weighted by atomic mass is 32.1. The van der Waals surface area contributed by atoms with Gasteiger partial charge in [0.15, 0.2) is 0 Å². The zero-order chi connectivity index (χ0) is 18.5. The van der Waals surface area contributed by atoms with E-state index < -0.39 is 0 Å². The summed E-state index contributed by atoms with van der Waals surface area (Å²) >= 11 is 1.40. The van der Waals surface area contributed by atoms with E-state index in [-0.39, 0.29) is 11.8 Å². The second-order valence-corrected chi connectivity index (χ2v) is 6.34. The van der Waals surface area contributed by atoms with Crippen molar-refractivity contribution >= 4 is 34.5 Å². The largest absolute Gasteiger partial charge is 0.497 e. The Hall–Kier alpha value is -3.19. The van der Waals surface area contributed by atoms with Crippen molar-refractivity contribution in [1.29, 1.82) is 0 Å². The number of nitrogens with one attached hydrogen (secondary N) is 2. The van der Waals surface area contributed by atoms with E-state index in [2.05, 4.69) is 15.6 Å². The van der Waals surface area contributed by atoms with Crippen LogP contribution in [0.5, 0.6) is 5.75 Å². The van der Waals surface area contributed by atoms with Gasteiger partial charge in [0.25, 0.3) is 5.91 Å². The first kappa shape index (κ1) is 17.6. The van der Waals surface area contributed by atoms with E-state index in [0.29, 0.717) is 17.1 Å². The molecule has 0 saturated heterocycles. The van der Waals surface area contributed by atoms with Gasteiger partial charge in [-0.25, -0.2) is 4.98 Å². The number of thiazole rings is 1. The molecule has 0 aliphatic rings. The molecule has 0 aliphatic heterocycles. The third-order valence-electron chi connectivity index (χ3n) is 3.51. The lowest BCUT2D eigenvalue weighted by molar-refractivity contribution is -0.114.